The van der Waals surface area contributed by atoms with Crippen LogP contribution in [-0.2, 0) is 14.8 Å². The Bertz CT molecular complexity index is 1320. The summed E-state index contributed by atoms with van der Waals surface area (Å²) in [7, 11) is -3.90. The van der Waals surface area contributed by atoms with Crippen LogP contribution < -0.4 is 9.62 Å². The minimum absolute atomic E-state index is 0.00851. The van der Waals surface area contributed by atoms with E-state index in [0.29, 0.717) is 31.7 Å². The fourth-order valence-corrected chi connectivity index (χ4v) is 4.68. The van der Waals surface area contributed by atoms with Gasteiger partial charge in [0.25, 0.3) is 10.0 Å². The van der Waals surface area contributed by atoms with Crippen LogP contribution in [-0.4, -0.2) is 74.4 Å². The van der Waals surface area contributed by atoms with E-state index < -0.39 is 28.1 Å². The second-order valence-electron chi connectivity index (χ2n) is 8.43. The van der Waals surface area contributed by atoms with Gasteiger partial charge in [-0.25, -0.2) is 18.0 Å². The molecule has 0 spiro atoms. The summed E-state index contributed by atoms with van der Waals surface area (Å²) in [6, 6.07) is 11.5. The molecule has 14 heteroatoms. The van der Waals surface area contributed by atoms with E-state index in [1.54, 1.807) is 24.3 Å². The molecule has 0 amide bonds. The number of hydrogen-bond acceptors (Lipinski definition) is 7. The van der Waals surface area contributed by atoms with Gasteiger partial charge in [0.05, 0.1) is 27.9 Å². The molecule has 1 aliphatic heterocycles. The first-order valence-electron chi connectivity index (χ1n) is 11.3. The molecule has 10 nitrogen and oxygen atoms in total. The number of carboxylic acids is 2. The Hall–Kier alpha value is -3.83. The first-order valence-corrected chi connectivity index (χ1v) is 12.8. The second-order valence-corrected chi connectivity index (χ2v) is 10.1. The fraction of sp³-hybridized carbons (Fsp3) is 0.375. The van der Waals surface area contributed by atoms with Gasteiger partial charge in [-0.05, 0) is 55.3 Å². The van der Waals surface area contributed by atoms with Crippen molar-refractivity contribution >= 4 is 33.3 Å². The van der Waals surface area contributed by atoms with E-state index in [1.807, 2.05) is 18.7 Å². The predicted octanol–water partition coefficient (Wildman–Crippen LogP) is 3.47. The van der Waals surface area contributed by atoms with Gasteiger partial charge in [-0.3, -0.25) is 9.62 Å². The van der Waals surface area contributed by atoms with Crippen molar-refractivity contribution < 1.29 is 41.4 Å². The molecule has 3 rings (SSSR count). The third-order valence-electron chi connectivity index (χ3n) is 5.77. The molecule has 0 aliphatic carbocycles. The number of anilines is 2. The lowest BCUT2D eigenvalue weighted by molar-refractivity contribution is -0.192. The van der Waals surface area contributed by atoms with Crippen molar-refractivity contribution in [2.75, 3.05) is 42.3 Å². The van der Waals surface area contributed by atoms with Crippen LogP contribution in [0.4, 0.5) is 24.5 Å². The molecule has 2 aromatic rings. The van der Waals surface area contributed by atoms with Gasteiger partial charge in [0.15, 0.2) is 0 Å². The highest BCUT2D eigenvalue weighted by atomic mass is 32.2. The lowest BCUT2D eigenvalue weighted by Crippen LogP contribution is -2.46. The molecule has 0 aromatic heterocycles. The summed E-state index contributed by atoms with van der Waals surface area (Å²) in [4.78, 5) is 24.7. The van der Waals surface area contributed by atoms with Crippen molar-refractivity contribution in [1.82, 2.24) is 4.90 Å². The van der Waals surface area contributed by atoms with Gasteiger partial charge in [-0.2, -0.15) is 18.4 Å². The number of aliphatic carboxylic acids is 1. The zero-order chi connectivity index (χ0) is 28.7. The maximum Gasteiger partial charge on any atom is 0.490 e. The molecule has 0 unspecified atom stereocenters. The van der Waals surface area contributed by atoms with Crippen LogP contribution in [0.1, 0.15) is 27.9 Å². The van der Waals surface area contributed by atoms with Crippen LogP contribution in [0.5, 0.6) is 0 Å². The van der Waals surface area contributed by atoms with E-state index in [-0.39, 0.29) is 16.1 Å². The highest BCUT2D eigenvalue weighted by Gasteiger charge is 2.38. The van der Waals surface area contributed by atoms with Gasteiger partial charge in [0.1, 0.15) is 0 Å². The van der Waals surface area contributed by atoms with Crippen molar-refractivity contribution in [1.29, 1.82) is 5.26 Å². The lowest BCUT2D eigenvalue weighted by atomic mass is 10.1. The Kier molecular flexibility index (Phi) is 10.1. The molecule has 0 saturated carbocycles. The molecule has 0 atom stereocenters. The van der Waals surface area contributed by atoms with E-state index >= 15 is 0 Å². The normalized spacial score (nSPS) is 14.2. The van der Waals surface area contributed by atoms with Crippen molar-refractivity contribution in [2.45, 2.75) is 31.3 Å². The molecular weight excluding hydrogens is 529 g/mol. The molecule has 1 aliphatic rings. The van der Waals surface area contributed by atoms with Crippen LogP contribution in [0.3, 0.4) is 0 Å². The molecule has 1 saturated heterocycles. The molecular formula is C24H27F3N4O6S. The van der Waals surface area contributed by atoms with Gasteiger partial charge in [0, 0.05) is 39.1 Å². The summed E-state index contributed by atoms with van der Waals surface area (Å²) < 4.78 is 60.4. The Labute approximate surface area is 217 Å². The standard InChI is InChI=1S/C22H26N4O4S.C2HF3O2/c1-16-4-6-19(14-17(16)2)31(29,30)24-20-15-18(22(27)28)5-7-21(20)26-12-10-25(11-13-26)9-3-8-23;3-2(4,5)1(6)7/h4-7,14-15,24H,3,9-13H2,1-2H3,(H,27,28);(H,6,7). The number of benzene rings is 2. The van der Waals surface area contributed by atoms with Crippen LogP contribution in [0.2, 0.25) is 0 Å². The zero-order valence-electron chi connectivity index (χ0n) is 20.6. The number of alkyl halides is 3. The molecule has 3 N–H and O–H groups in total. The summed E-state index contributed by atoms with van der Waals surface area (Å²) in [5.74, 6) is -3.88. The maximum absolute atomic E-state index is 13.0. The topological polar surface area (TPSA) is 151 Å². The number of aromatic carboxylic acids is 1. The summed E-state index contributed by atoms with van der Waals surface area (Å²) in [5.41, 5.74) is 2.73. The van der Waals surface area contributed by atoms with Gasteiger partial charge in [-0.15, -0.1) is 0 Å². The Morgan fingerprint density at radius 1 is 1.03 bits per heavy atom. The Morgan fingerprint density at radius 2 is 1.63 bits per heavy atom. The van der Waals surface area contributed by atoms with Crippen LogP contribution in [0.25, 0.3) is 0 Å². The van der Waals surface area contributed by atoms with Gasteiger partial charge in [-0.1, -0.05) is 6.07 Å². The number of sulfonamides is 1. The maximum atomic E-state index is 13.0. The van der Waals surface area contributed by atoms with Crippen molar-refractivity contribution in [3.8, 4) is 6.07 Å². The number of halogens is 3. The van der Waals surface area contributed by atoms with Crippen LogP contribution in [0.15, 0.2) is 41.3 Å². The third kappa shape index (κ3) is 8.35. The summed E-state index contributed by atoms with van der Waals surface area (Å²) in [6.45, 7) is 7.24. The minimum atomic E-state index is -5.08. The number of hydrogen-bond donors (Lipinski definition) is 3. The average molecular weight is 557 g/mol. The number of carboxylic acid groups (broad SMARTS) is 2. The lowest BCUT2D eigenvalue weighted by Gasteiger charge is -2.36. The third-order valence-corrected chi connectivity index (χ3v) is 7.13. The molecule has 38 heavy (non-hydrogen) atoms. The monoisotopic (exact) mass is 556 g/mol. The number of aryl methyl sites for hydroxylation is 2. The van der Waals surface area contributed by atoms with E-state index in [2.05, 4.69) is 15.7 Å². The van der Waals surface area contributed by atoms with E-state index in [0.717, 1.165) is 24.2 Å². The largest absolute Gasteiger partial charge is 0.490 e. The Balaban J connectivity index is 0.000000638. The highest BCUT2D eigenvalue weighted by molar-refractivity contribution is 7.92. The molecule has 0 radical (unpaired) electrons. The van der Waals surface area contributed by atoms with Gasteiger partial charge >= 0.3 is 18.1 Å². The van der Waals surface area contributed by atoms with Crippen LogP contribution in [0, 0.1) is 25.2 Å². The highest BCUT2D eigenvalue weighted by Crippen LogP contribution is 2.31. The quantitative estimate of drug-likeness (QED) is 0.466. The first kappa shape index (κ1) is 30.4. The van der Waals surface area contributed by atoms with E-state index in [9.17, 15) is 31.5 Å². The zero-order valence-corrected chi connectivity index (χ0v) is 21.4. The summed E-state index contributed by atoms with van der Waals surface area (Å²) in [5, 5.41) is 25.3. The molecule has 0 bridgehead atoms. The average Bonchev–Trinajstić information content (AvgIpc) is 2.84. The van der Waals surface area contributed by atoms with E-state index in [4.69, 9.17) is 15.2 Å². The smallest absolute Gasteiger partial charge is 0.478 e. The molecule has 1 fully saturated rings. The number of carbonyl (C=O) groups is 2. The summed E-state index contributed by atoms with van der Waals surface area (Å²) in [6.07, 6.45) is -4.62. The molecule has 1 heterocycles. The van der Waals surface area contributed by atoms with Crippen molar-refractivity contribution in [3.63, 3.8) is 0 Å². The van der Waals surface area contributed by atoms with Crippen LogP contribution >= 0.6 is 0 Å². The number of piperazine rings is 1. The number of nitrogens with zero attached hydrogens (tertiary/aromatic N) is 3. The SMILES string of the molecule is Cc1ccc(S(=O)(=O)Nc2cc(C(=O)O)ccc2N2CCN(CCC#N)CC2)cc1C.O=C(O)C(F)(F)F. The van der Waals surface area contributed by atoms with Crippen molar-refractivity contribution in [3.05, 3.63) is 53.1 Å². The van der Waals surface area contributed by atoms with Crippen molar-refractivity contribution in [2.24, 2.45) is 0 Å². The minimum Gasteiger partial charge on any atom is -0.478 e. The first-order chi connectivity index (χ1) is 17.7. The van der Waals surface area contributed by atoms with E-state index in [1.165, 1.54) is 12.1 Å². The molecule has 2 aromatic carbocycles. The predicted molar refractivity (Wildman–Crippen MR) is 133 cm³/mol. The number of rotatable bonds is 7. The number of nitrogens with one attached hydrogen (secondary N) is 1. The number of nitriles is 1. The summed E-state index contributed by atoms with van der Waals surface area (Å²) >= 11 is 0. The van der Waals surface area contributed by atoms with Gasteiger partial charge < -0.3 is 15.1 Å². The van der Waals surface area contributed by atoms with Gasteiger partial charge in [0.2, 0.25) is 0 Å². The Morgan fingerprint density at radius 3 is 2.13 bits per heavy atom. The molecule has 206 valence electrons. The second kappa shape index (κ2) is 12.6. The fourth-order valence-electron chi connectivity index (χ4n) is 3.53.